The van der Waals surface area contributed by atoms with Gasteiger partial charge in [0.25, 0.3) is 0 Å². The van der Waals surface area contributed by atoms with Gasteiger partial charge in [0.1, 0.15) is 11.5 Å². The summed E-state index contributed by atoms with van der Waals surface area (Å²) in [5, 5.41) is 34.5. The Balaban J connectivity index is 2.14. The normalized spacial score (nSPS) is 25.7. The molecular formula is C21H29NO3. The zero-order chi connectivity index (χ0) is 18.1. The van der Waals surface area contributed by atoms with E-state index < -0.39 is 0 Å². The molecule has 1 heterocycles. The van der Waals surface area contributed by atoms with Gasteiger partial charge in [-0.2, -0.15) is 0 Å². The lowest BCUT2D eigenvalue weighted by molar-refractivity contribution is 0.271. The van der Waals surface area contributed by atoms with Crippen LogP contribution in [0.15, 0.2) is 29.9 Å². The molecule has 2 aliphatic rings. The first-order valence-electron chi connectivity index (χ1n) is 9.20. The molecule has 4 nitrogen and oxygen atoms in total. The molecule has 1 aromatic carbocycles. The molecule has 0 aromatic heterocycles. The third-order valence-electron chi connectivity index (χ3n) is 5.77. The lowest BCUT2D eigenvalue weighted by Crippen LogP contribution is -2.21. The van der Waals surface area contributed by atoms with Crippen molar-refractivity contribution < 1.29 is 15.3 Å². The molecule has 3 atom stereocenters. The zero-order valence-corrected chi connectivity index (χ0v) is 15.2. The highest BCUT2D eigenvalue weighted by molar-refractivity contribution is 5.68. The fourth-order valence-electron chi connectivity index (χ4n) is 4.45. The molecule has 0 spiro atoms. The number of phenols is 2. The average molecular weight is 343 g/mol. The third kappa shape index (κ3) is 3.28. The number of phenolic OH excluding ortho intramolecular Hbond substituents is 2. The smallest absolute Gasteiger partial charge is 0.128 e. The highest BCUT2D eigenvalue weighted by Crippen LogP contribution is 2.51. The van der Waals surface area contributed by atoms with Gasteiger partial charge in [-0.05, 0) is 51.4 Å². The second-order valence-corrected chi connectivity index (χ2v) is 7.57. The molecule has 0 bridgehead atoms. The Labute approximate surface area is 149 Å². The molecule has 0 fully saturated rings. The molecule has 25 heavy (non-hydrogen) atoms. The topological polar surface area (TPSA) is 72.7 Å². The van der Waals surface area contributed by atoms with Gasteiger partial charge in [0.15, 0.2) is 0 Å². The Hall–Kier alpha value is -1.94. The molecule has 0 unspecified atom stereocenters. The summed E-state index contributed by atoms with van der Waals surface area (Å²) in [6.45, 7) is 9.14. The Morgan fingerprint density at radius 2 is 2.04 bits per heavy atom. The lowest BCUT2D eigenvalue weighted by Gasteiger charge is -2.34. The van der Waals surface area contributed by atoms with Crippen molar-refractivity contribution in [3.8, 4) is 11.5 Å². The lowest BCUT2D eigenvalue weighted by atomic mass is 9.72. The summed E-state index contributed by atoms with van der Waals surface area (Å²) < 4.78 is 0. The molecule has 1 aliphatic heterocycles. The van der Waals surface area contributed by atoms with Crippen molar-refractivity contribution in [1.82, 2.24) is 0 Å². The standard InChI is InChI=1S/C21H29NO3/c1-12(2)15-5-4-13(3)10-16(15)20-18(24)11-17-19(21(20)25)14(7-9-23)6-8-22-17/h10-11,14-16,22-25H,1,4-9H2,2-3H3/t14-,15-,16+/m0/s1. The summed E-state index contributed by atoms with van der Waals surface area (Å²) in [5.41, 5.74) is 4.59. The number of rotatable bonds is 4. The Morgan fingerprint density at radius 3 is 2.72 bits per heavy atom. The maximum absolute atomic E-state index is 11.1. The number of hydrogen-bond donors (Lipinski definition) is 4. The number of aromatic hydroxyl groups is 2. The van der Waals surface area contributed by atoms with Gasteiger partial charge in [-0.25, -0.2) is 0 Å². The van der Waals surface area contributed by atoms with Gasteiger partial charge >= 0.3 is 0 Å². The highest BCUT2D eigenvalue weighted by Gasteiger charge is 2.34. The maximum Gasteiger partial charge on any atom is 0.128 e. The minimum Gasteiger partial charge on any atom is -0.507 e. The van der Waals surface area contributed by atoms with Crippen LogP contribution < -0.4 is 5.32 Å². The van der Waals surface area contributed by atoms with Crippen molar-refractivity contribution in [2.24, 2.45) is 5.92 Å². The Morgan fingerprint density at radius 1 is 1.28 bits per heavy atom. The second kappa shape index (κ2) is 7.12. The van der Waals surface area contributed by atoms with E-state index in [1.54, 1.807) is 6.07 Å². The van der Waals surface area contributed by atoms with E-state index in [0.717, 1.165) is 42.6 Å². The predicted octanol–water partition coefficient (Wildman–Crippen LogP) is 4.40. The van der Waals surface area contributed by atoms with Gasteiger partial charge in [-0.1, -0.05) is 23.8 Å². The van der Waals surface area contributed by atoms with Crippen LogP contribution >= 0.6 is 0 Å². The second-order valence-electron chi connectivity index (χ2n) is 7.57. The van der Waals surface area contributed by atoms with E-state index in [1.807, 2.05) is 6.92 Å². The van der Waals surface area contributed by atoms with Crippen molar-refractivity contribution >= 4 is 5.69 Å². The minimum absolute atomic E-state index is 0.0618. The van der Waals surface area contributed by atoms with Crippen LogP contribution in [0, 0.1) is 5.92 Å². The van der Waals surface area contributed by atoms with E-state index in [-0.39, 0.29) is 35.9 Å². The van der Waals surface area contributed by atoms with E-state index in [9.17, 15) is 15.3 Å². The van der Waals surface area contributed by atoms with Gasteiger partial charge < -0.3 is 20.6 Å². The number of aliphatic hydroxyl groups is 1. The fraction of sp³-hybridized carbons (Fsp3) is 0.524. The molecule has 4 N–H and O–H groups in total. The number of allylic oxidation sites excluding steroid dienone is 3. The summed E-state index contributed by atoms with van der Waals surface area (Å²) in [5.74, 6) is 0.579. The first kappa shape index (κ1) is 17.9. The molecule has 0 amide bonds. The first-order chi connectivity index (χ1) is 11.9. The summed E-state index contributed by atoms with van der Waals surface area (Å²) in [4.78, 5) is 0. The maximum atomic E-state index is 11.1. The average Bonchev–Trinajstić information content (AvgIpc) is 2.54. The number of aliphatic hydroxyl groups excluding tert-OH is 1. The minimum atomic E-state index is -0.0618. The quantitative estimate of drug-likeness (QED) is 0.612. The van der Waals surface area contributed by atoms with Crippen molar-refractivity contribution in [3.05, 3.63) is 41.0 Å². The van der Waals surface area contributed by atoms with Crippen LogP contribution in [0.1, 0.15) is 62.5 Å². The summed E-state index contributed by atoms with van der Waals surface area (Å²) in [7, 11) is 0. The van der Waals surface area contributed by atoms with E-state index in [0.29, 0.717) is 12.0 Å². The van der Waals surface area contributed by atoms with Gasteiger partial charge in [0.05, 0.1) is 0 Å². The molecule has 3 rings (SSSR count). The van der Waals surface area contributed by atoms with Gasteiger partial charge in [0, 0.05) is 42.0 Å². The van der Waals surface area contributed by atoms with Crippen molar-refractivity contribution in [2.45, 2.75) is 51.4 Å². The van der Waals surface area contributed by atoms with Crippen molar-refractivity contribution in [2.75, 3.05) is 18.5 Å². The predicted molar refractivity (Wildman–Crippen MR) is 101 cm³/mol. The van der Waals surface area contributed by atoms with Gasteiger partial charge in [-0.3, -0.25) is 0 Å². The zero-order valence-electron chi connectivity index (χ0n) is 15.2. The summed E-state index contributed by atoms with van der Waals surface area (Å²) >= 11 is 0. The number of hydrogen-bond acceptors (Lipinski definition) is 4. The van der Waals surface area contributed by atoms with Crippen LogP contribution in [-0.2, 0) is 0 Å². The Bertz CT molecular complexity index is 708. The van der Waals surface area contributed by atoms with Crippen molar-refractivity contribution in [3.63, 3.8) is 0 Å². The van der Waals surface area contributed by atoms with Crippen LogP contribution in [-0.4, -0.2) is 28.5 Å². The largest absolute Gasteiger partial charge is 0.507 e. The number of fused-ring (bicyclic) bond motifs is 1. The molecule has 0 saturated carbocycles. The number of nitrogens with one attached hydrogen (secondary N) is 1. The molecule has 1 aliphatic carbocycles. The van der Waals surface area contributed by atoms with E-state index >= 15 is 0 Å². The molecular weight excluding hydrogens is 314 g/mol. The van der Waals surface area contributed by atoms with E-state index in [4.69, 9.17) is 0 Å². The summed E-state index contributed by atoms with van der Waals surface area (Å²) in [6.07, 6.45) is 5.66. The molecule has 136 valence electrons. The van der Waals surface area contributed by atoms with E-state index in [1.165, 1.54) is 5.57 Å². The van der Waals surface area contributed by atoms with Gasteiger partial charge in [-0.15, -0.1) is 0 Å². The molecule has 0 saturated heterocycles. The van der Waals surface area contributed by atoms with Crippen LogP contribution in [0.4, 0.5) is 5.69 Å². The van der Waals surface area contributed by atoms with E-state index in [2.05, 4.69) is 24.9 Å². The summed E-state index contributed by atoms with van der Waals surface area (Å²) in [6, 6.07) is 1.74. The van der Waals surface area contributed by atoms with Crippen LogP contribution in [0.3, 0.4) is 0 Å². The molecule has 4 heteroatoms. The molecule has 0 radical (unpaired) electrons. The van der Waals surface area contributed by atoms with Crippen molar-refractivity contribution in [1.29, 1.82) is 0 Å². The molecule has 1 aromatic rings. The SMILES string of the molecule is C=C(C)[C@@H]1CCC(C)=C[C@H]1c1c(O)cc2c(c1O)[C@H](CCO)CCN2. The number of benzene rings is 1. The Kier molecular flexibility index (Phi) is 5.09. The number of anilines is 1. The highest BCUT2D eigenvalue weighted by atomic mass is 16.3. The third-order valence-corrected chi connectivity index (χ3v) is 5.77. The van der Waals surface area contributed by atoms with Gasteiger partial charge in [0.2, 0.25) is 0 Å². The van der Waals surface area contributed by atoms with Crippen LogP contribution in [0.5, 0.6) is 11.5 Å². The monoisotopic (exact) mass is 343 g/mol. The van der Waals surface area contributed by atoms with Crippen LogP contribution in [0.25, 0.3) is 0 Å². The fourth-order valence-corrected chi connectivity index (χ4v) is 4.45. The first-order valence-corrected chi connectivity index (χ1v) is 9.20. The van der Waals surface area contributed by atoms with Crippen LogP contribution in [0.2, 0.25) is 0 Å².